The van der Waals surface area contributed by atoms with E-state index >= 15 is 0 Å². The molecular formula is C9H16N2O. The van der Waals surface area contributed by atoms with E-state index in [1.807, 2.05) is 11.0 Å². The molecule has 68 valence electrons. The Morgan fingerprint density at radius 1 is 1.75 bits per heavy atom. The molecule has 2 amide bonds. The Labute approximate surface area is 73.4 Å². The summed E-state index contributed by atoms with van der Waals surface area (Å²) in [5.74, 6) is 0. The predicted octanol–water partition coefficient (Wildman–Crippen LogP) is 1.22. The molecule has 1 fully saturated rings. The van der Waals surface area contributed by atoms with Crippen molar-refractivity contribution in [3.63, 3.8) is 0 Å². The van der Waals surface area contributed by atoms with Crippen LogP contribution in [0.25, 0.3) is 0 Å². The van der Waals surface area contributed by atoms with E-state index in [-0.39, 0.29) is 11.4 Å². The standard InChI is InChI=1S/C9H16N2O/c1-4-9(2,3)7-11-6-5-10-8(11)12/h4H,1,5-7H2,2-3H3,(H,10,12). The molecule has 1 aliphatic rings. The second-order valence-electron chi connectivity index (χ2n) is 3.85. The van der Waals surface area contributed by atoms with Crippen molar-refractivity contribution in [3.05, 3.63) is 12.7 Å². The lowest BCUT2D eigenvalue weighted by molar-refractivity contribution is 0.202. The summed E-state index contributed by atoms with van der Waals surface area (Å²) in [5, 5.41) is 2.77. The summed E-state index contributed by atoms with van der Waals surface area (Å²) >= 11 is 0. The Morgan fingerprint density at radius 3 is 2.83 bits per heavy atom. The van der Waals surface area contributed by atoms with Gasteiger partial charge in [-0.15, -0.1) is 6.58 Å². The Morgan fingerprint density at radius 2 is 2.42 bits per heavy atom. The van der Waals surface area contributed by atoms with Gasteiger partial charge in [-0.1, -0.05) is 19.9 Å². The third-order valence-corrected chi connectivity index (χ3v) is 2.10. The lowest BCUT2D eigenvalue weighted by atomic mass is 9.93. The van der Waals surface area contributed by atoms with Crippen LogP contribution in [0, 0.1) is 5.41 Å². The predicted molar refractivity (Wildman–Crippen MR) is 48.9 cm³/mol. The largest absolute Gasteiger partial charge is 0.336 e. The minimum atomic E-state index is 0.0156. The molecular weight excluding hydrogens is 152 g/mol. The van der Waals surface area contributed by atoms with Gasteiger partial charge in [0, 0.05) is 19.6 Å². The van der Waals surface area contributed by atoms with Gasteiger partial charge in [0.25, 0.3) is 0 Å². The maximum absolute atomic E-state index is 11.1. The summed E-state index contributed by atoms with van der Waals surface area (Å²) in [5.41, 5.74) is 0.0156. The molecule has 0 saturated carbocycles. The lowest BCUT2D eigenvalue weighted by Crippen LogP contribution is -2.35. The van der Waals surface area contributed by atoms with Gasteiger partial charge in [0.15, 0.2) is 0 Å². The fourth-order valence-electron chi connectivity index (χ4n) is 1.22. The van der Waals surface area contributed by atoms with Gasteiger partial charge in [-0.25, -0.2) is 4.79 Å². The average molecular weight is 168 g/mol. The minimum absolute atomic E-state index is 0.0156. The highest BCUT2D eigenvalue weighted by atomic mass is 16.2. The van der Waals surface area contributed by atoms with Crippen molar-refractivity contribution >= 4 is 6.03 Å². The van der Waals surface area contributed by atoms with Gasteiger partial charge in [-0.2, -0.15) is 0 Å². The van der Waals surface area contributed by atoms with Gasteiger partial charge >= 0.3 is 6.03 Å². The Balaban J connectivity index is 2.50. The van der Waals surface area contributed by atoms with Gasteiger partial charge in [0.2, 0.25) is 0 Å². The van der Waals surface area contributed by atoms with Crippen LogP contribution in [0.3, 0.4) is 0 Å². The van der Waals surface area contributed by atoms with Crippen LogP contribution in [0.5, 0.6) is 0 Å². The normalized spacial score (nSPS) is 17.8. The maximum Gasteiger partial charge on any atom is 0.317 e. The van der Waals surface area contributed by atoms with Crippen molar-refractivity contribution in [2.75, 3.05) is 19.6 Å². The number of nitrogens with zero attached hydrogens (tertiary/aromatic N) is 1. The van der Waals surface area contributed by atoms with E-state index in [1.54, 1.807) is 0 Å². The molecule has 1 aliphatic heterocycles. The summed E-state index contributed by atoms with van der Waals surface area (Å²) < 4.78 is 0. The third kappa shape index (κ3) is 2.00. The molecule has 3 nitrogen and oxygen atoms in total. The first-order valence-electron chi connectivity index (χ1n) is 4.21. The van der Waals surface area contributed by atoms with Crippen molar-refractivity contribution in [2.24, 2.45) is 5.41 Å². The van der Waals surface area contributed by atoms with Crippen LogP contribution in [0.2, 0.25) is 0 Å². The van der Waals surface area contributed by atoms with Crippen molar-refractivity contribution < 1.29 is 4.79 Å². The Bertz CT molecular complexity index is 199. The number of hydrogen-bond donors (Lipinski definition) is 1. The molecule has 1 N–H and O–H groups in total. The summed E-state index contributed by atoms with van der Waals surface area (Å²) in [6, 6.07) is 0.0462. The Hall–Kier alpha value is -0.990. The molecule has 0 aromatic heterocycles. The number of carbonyl (C=O) groups is 1. The van der Waals surface area contributed by atoms with Crippen molar-refractivity contribution in [2.45, 2.75) is 13.8 Å². The number of urea groups is 1. The van der Waals surface area contributed by atoms with Crippen LogP contribution in [0.15, 0.2) is 12.7 Å². The van der Waals surface area contributed by atoms with Crippen LogP contribution < -0.4 is 5.32 Å². The zero-order valence-corrected chi connectivity index (χ0v) is 7.76. The molecule has 0 aromatic rings. The summed E-state index contributed by atoms with van der Waals surface area (Å²) in [4.78, 5) is 13.0. The first-order valence-corrected chi connectivity index (χ1v) is 4.21. The second-order valence-corrected chi connectivity index (χ2v) is 3.85. The lowest BCUT2D eigenvalue weighted by Gasteiger charge is -2.25. The number of hydrogen-bond acceptors (Lipinski definition) is 1. The van der Waals surface area contributed by atoms with Crippen LogP contribution in [0.1, 0.15) is 13.8 Å². The molecule has 0 unspecified atom stereocenters. The highest BCUT2D eigenvalue weighted by Crippen LogP contribution is 2.18. The summed E-state index contributed by atoms with van der Waals surface area (Å²) in [7, 11) is 0. The van der Waals surface area contributed by atoms with E-state index in [0.29, 0.717) is 0 Å². The monoisotopic (exact) mass is 168 g/mol. The van der Waals surface area contributed by atoms with Crippen molar-refractivity contribution in [1.82, 2.24) is 10.2 Å². The zero-order valence-electron chi connectivity index (χ0n) is 7.76. The van der Waals surface area contributed by atoms with Crippen molar-refractivity contribution in [1.29, 1.82) is 0 Å². The van der Waals surface area contributed by atoms with Gasteiger partial charge in [-0.3, -0.25) is 0 Å². The molecule has 0 spiro atoms. The number of carbonyl (C=O) groups excluding carboxylic acids is 1. The fourth-order valence-corrected chi connectivity index (χ4v) is 1.22. The molecule has 1 heterocycles. The van der Waals surface area contributed by atoms with Crippen LogP contribution in [-0.4, -0.2) is 30.6 Å². The smallest absolute Gasteiger partial charge is 0.317 e. The SMILES string of the molecule is C=CC(C)(C)CN1CCNC1=O. The van der Waals surface area contributed by atoms with Crippen LogP contribution in [-0.2, 0) is 0 Å². The van der Waals surface area contributed by atoms with Crippen molar-refractivity contribution in [3.8, 4) is 0 Å². The molecule has 0 aliphatic carbocycles. The van der Waals surface area contributed by atoms with Gasteiger partial charge in [0.05, 0.1) is 0 Å². The highest BCUT2D eigenvalue weighted by molar-refractivity contribution is 5.76. The van der Waals surface area contributed by atoms with E-state index in [0.717, 1.165) is 19.6 Å². The Kier molecular flexibility index (Phi) is 2.40. The molecule has 12 heavy (non-hydrogen) atoms. The zero-order chi connectivity index (χ0) is 9.19. The molecule has 0 radical (unpaired) electrons. The number of rotatable bonds is 3. The second kappa shape index (κ2) is 3.17. The third-order valence-electron chi connectivity index (χ3n) is 2.10. The first-order chi connectivity index (χ1) is 5.55. The summed E-state index contributed by atoms with van der Waals surface area (Å²) in [6.45, 7) is 10.2. The van der Waals surface area contributed by atoms with Gasteiger partial charge in [0.1, 0.15) is 0 Å². The highest BCUT2D eigenvalue weighted by Gasteiger charge is 2.25. The molecule has 3 heteroatoms. The van der Waals surface area contributed by atoms with E-state index in [1.165, 1.54) is 0 Å². The molecule has 1 rings (SSSR count). The quantitative estimate of drug-likeness (QED) is 0.631. The molecule has 1 saturated heterocycles. The topological polar surface area (TPSA) is 32.3 Å². The molecule has 0 aromatic carbocycles. The fraction of sp³-hybridized carbons (Fsp3) is 0.667. The van der Waals surface area contributed by atoms with Gasteiger partial charge < -0.3 is 10.2 Å². The summed E-state index contributed by atoms with van der Waals surface area (Å²) in [6.07, 6.45) is 1.89. The van der Waals surface area contributed by atoms with Gasteiger partial charge in [-0.05, 0) is 5.41 Å². The van der Waals surface area contributed by atoms with Crippen LogP contribution >= 0.6 is 0 Å². The molecule has 0 atom stereocenters. The maximum atomic E-state index is 11.1. The van der Waals surface area contributed by atoms with Crippen LogP contribution in [0.4, 0.5) is 4.79 Å². The van der Waals surface area contributed by atoms with E-state index in [9.17, 15) is 4.79 Å². The average Bonchev–Trinajstić information content (AvgIpc) is 2.36. The first kappa shape index (κ1) is 9.10. The van der Waals surface area contributed by atoms with E-state index in [2.05, 4.69) is 25.7 Å². The number of amides is 2. The molecule has 0 bridgehead atoms. The van der Waals surface area contributed by atoms with E-state index in [4.69, 9.17) is 0 Å². The number of nitrogens with one attached hydrogen (secondary N) is 1. The van der Waals surface area contributed by atoms with E-state index < -0.39 is 0 Å². The minimum Gasteiger partial charge on any atom is -0.336 e.